The highest BCUT2D eigenvalue weighted by Crippen LogP contribution is 2.41. The van der Waals surface area contributed by atoms with E-state index in [0.717, 1.165) is 24.3 Å². The van der Waals surface area contributed by atoms with Crippen molar-refractivity contribution in [2.75, 3.05) is 13.2 Å². The van der Waals surface area contributed by atoms with Crippen LogP contribution in [-0.4, -0.2) is 213 Å². The van der Waals surface area contributed by atoms with Gasteiger partial charge in [0.1, 0.15) is 102 Å². The Bertz CT molecular complexity index is 2150. The Kier molecular flexibility index (Phi) is 14.2. The fourth-order valence-corrected chi connectivity index (χ4v) is 7.73. The van der Waals surface area contributed by atoms with E-state index in [-0.39, 0.29) is 5.56 Å². The lowest BCUT2D eigenvalue weighted by atomic mass is 9.96. The first-order valence-corrected chi connectivity index (χ1v) is 19.9. The monoisotopic (exact) mass is 918 g/mol. The molecule has 0 radical (unpaired) electrons. The van der Waals surface area contributed by atoms with Crippen LogP contribution in [0.15, 0.2) is 39.5 Å². The summed E-state index contributed by atoms with van der Waals surface area (Å²) in [4.78, 5) is 14.3. The molecule has 2 aromatic carbocycles. The smallest absolute Gasteiger partial charge is 0.239 e. The van der Waals surface area contributed by atoms with E-state index in [2.05, 4.69) is 0 Å². The average molecular weight is 919 g/mol. The van der Waals surface area contributed by atoms with Gasteiger partial charge in [-0.25, -0.2) is 0 Å². The maximum Gasteiger partial charge on any atom is 0.239 e. The number of aliphatic hydroxyl groups is 11. The molecular weight excluding hydrogens is 868 g/mol. The van der Waals surface area contributed by atoms with Crippen molar-refractivity contribution in [2.24, 2.45) is 0 Å². The topological polar surface area (TPSA) is 408 Å². The lowest BCUT2D eigenvalue weighted by Crippen LogP contribution is -2.66. The molecule has 5 heterocycles. The highest BCUT2D eigenvalue weighted by molar-refractivity contribution is 5.88. The van der Waals surface area contributed by atoms with Crippen molar-refractivity contribution in [1.82, 2.24) is 0 Å². The standard InChI is InChI=1S/C39H50O25/c1-10-21(45)26(50)29(53)36(57-10)56-9-19-24(48)28(52)35(64-38-31(55)33(22(46)11(2)58-38)62-37-30(54)27(51)23(47)18(8-40)60-37)39(61-19)63-34-25(49)20-16(44)6-13(41)7-17(20)59-32(34)12-3-4-14(42)15(43)5-12/h3-7,10-11,18-19,21-24,26-31,33,35-48,50-55H,8-9H2,1-2H3/t10-,11+,18-,19-,21-,22+,23-,24+,26+,27+,28+,29+,30-,31-,33-,35-,36+,37+,38+,39+/m0/s1. The first kappa shape index (κ1) is 47.9. The van der Waals surface area contributed by atoms with Crippen LogP contribution in [0, 0.1) is 0 Å². The van der Waals surface area contributed by atoms with Gasteiger partial charge in [0.25, 0.3) is 0 Å². The third kappa shape index (κ3) is 9.06. The number of ether oxygens (including phenoxy) is 8. The van der Waals surface area contributed by atoms with Crippen molar-refractivity contribution in [3.05, 3.63) is 40.6 Å². The van der Waals surface area contributed by atoms with Crippen LogP contribution in [0.5, 0.6) is 28.7 Å². The average Bonchev–Trinajstić information content (AvgIpc) is 3.25. The van der Waals surface area contributed by atoms with Crippen molar-refractivity contribution in [1.29, 1.82) is 0 Å². The van der Waals surface area contributed by atoms with Crippen molar-refractivity contribution in [2.45, 2.75) is 137 Å². The van der Waals surface area contributed by atoms with Crippen LogP contribution in [0.1, 0.15) is 13.8 Å². The van der Waals surface area contributed by atoms with Gasteiger partial charge >= 0.3 is 0 Å². The quantitative estimate of drug-likeness (QED) is 0.0801. The molecule has 7 rings (SSSR count). The highest BCUT2D eigenvalue weighted by Gasteiger charge is 2.54. The molecule has 1 aromatic heterocycles. The van der Waals surface area contributed by atoms with Crippen molar-refractivity contribution in [3.63, 3.8) is 0 Å². The Morgan fingerprint density at radius 3 is 1.84 bits per heavy atom. The van der Waals surface area contributed by atoms with E-state index in [4.69, 9.17) is 42.3 Å². The molecule has 0 unspecified atom stereocenters. The number of phenols is 4. The second-order valence-corrected chi connectivity index (χ2v) is 15.9. The zero-order valence-corrected chi connectivity index (χ0v) is 33.6. The van der Waals surface area contributed by atoms with Gasteiger partial charge in [-0.3, -0.25) is 4.79 Å². The summed E-state index contributed by atoms with van der Waals surface area (Å²) in [7, 11) is 0. The Hall–Kier alpha value is -4.07. The molecule has 15 N–H and O–H groups in total. The van der Waals surface area contributed by atoms with Crippen LogP contribution in [0.4, 0.5) is 0 Å². The molecule has 64 heavy (non-hydrogen) atoms. The van der Waals surface area contributed by atoms with Crippen LogP contribution in [0.3, 0.4) is 0 Å². The maximum absolute atomic E-state index is 14.3. The zero-order chi connectivity index (χ0) is 46.6. The number of hydrogen-bond donors (Lipinski definition) is 15. The second kappa shape index (κ2) is 19.0. The number of aliphatic hydroxyl groups excluding tert-OH is 11. The Morgan fingerprint density at radius 2 is 1.16 bits per heavy atom. The largest absolute Gasteiger partial charge is 0.508 e. The van der Waals surface area contributed by atoms with Crippen molar-refractivity contribution in [3.8, 4) is 40.1 Å². The van der Waals surface area contributed by atoms with Crippen molar-refractivity contribution < 1.29 is 119 Å². The fourth-order valence-electron chi connectivity index (χ4n) is 7.73. The number of hydrogen-bond acceptors (Lipinski definition) is 25. The van der Waals surface area contributed by atoms with E-state index in [0.29, 0.717) is 0 Å². The summed E-state index contributed by atoms with van der Waals surface area (Å²) in [5.41, 5.74) is -1.71. The zero-order valence-electron chi connectivity index (χ0n) is 33.6. The third-order valence-corrected chi connectivity index (χ3v) is 11.5. The van der Waals surface area contributed by atoms with E-state index in [1.807, 2.05) is 0 Å². The molecule has 0 amide bonds. The SMILES string of the molecule is C[C@@H]1O[C@@H](OC[C@@H]2O[C@H](Oc3c(-c4ccc(O)c(O)c4)oc4cc(O)cc(O)c4c3=O)[C@@H](O[C@H]3O[C@H](C)[C@@H](O)[C@H](O[C@H]4O[C@@H](CO)[C@H](O)[C@@H](O)[C@@H]4O)[C@@H]3O)[C@H](O)[C@@H]2O)[C@H](O)[C@H](O)[C@H]1O. The van der Waals surface area contributed by atoms with Gasteiger partial charge in [0.15, 0.2) is 42.2 Å². The van der Waals surface area contributed by atoms with Crippen LogP contribution in [0.2, 0.25) is 0 Å². The summed E-state index contributed by atoms with van der Waals surface area (Å²) in [5.74, 6) is -3.99. The summed E-state index contributed by atoms with van der Waals surface area (Å²) in [6.45, 7) is 1.06. The minimum atomic E-state index is -2.17. The molecule has 25 heteroatoms. The van der Waals surface area contributed by atoms with Crippen LogP contribution < -0.4 is 10.2 Å². The molecule has 0 bridgehead atoms. The minimum absolute atomic E-state index is 0.152. The van der Waals surface area contributed by atoms with E-state index in [1.165, 1.54) is 19.9 Å². The van der Waals surface area contributed by atoms with E-state index >= 15 is 0 Å². The molecule has 4 fully saturated rings. The van der Waals surface area contributed by atoms with Gasteiger partial charge < -0.3 is 119 Å². The minimum Gasteiger partial charge on any atom is -0.508 e. The lowest BCUT2D eigenvalue weighted by Gasteiger charge is -2.48. The predicted molar refractivity (Wildman–Crippen MR) is 204 cm³/mol. The van der Waals surface area contributed by atoms with Gasteiger partial charge in [-0.05, 0) is 32.0 Å². The molecular formula is C39H50O25. The Labute approximate surface area is 360 Å². The van der Waals surface area contributed by atoms with E-state index in [9.17, 15) is 81.4 Å². The molecule has 20 atom stereocenters. The number of fused-ring (bicyclic) bond motifs is 1. The molecule has 356 valence electrons. The molecule has 0 saturated carbocycles. The first-order chi connectivity index (χ1) is 30.2. The summed E-state index contributed by atoms with van der Waals surface area (Å²) in [6, 6.07) is 4.93. The highest BCUT2D eigenvalue weighted by atomic mass is 16.8. The normalized spacial score (nSPS) is 40.6. The molecule has 25 nitrogen and oxygen atoms in total. The summed E-state index contributed by atoms with van der Waals surface area (Å²) in [5, 5.41) is 158. The van der Waals surface area contributed by atoms with Gasteiger partial charge in [-0.15, -0.1) is 0 Å². The predicted octanol–water partition coefficient (Wildman–Crippen LogP) is -5.01. The van der Waals surface area contributed by atoms with Gasteiger partial charge in [0.05, 0.1) is 25.4 Å². The Balaban J connectivity index is 1.25. The Morgan fingerprint density at radius 1 is 0.562 bits per heavy atom. The number of benzene rings is 2. The van der Waals surface area contributed by atoms with E-state index in [1.54, 1.807) is 0 Å². The van der Waals surface area contributed by atoms with Crippen LogP contribution in [0.25, 0.3) is 22.3 Å². The number of rotatable bonds is 11. The van der Waals surface area contributed by atoms with E-state index < -0.39 is 187 Å². The van der Waals surface area contributed by atoms with Gasteiger partial charge in [0, 0.05) is 17.7 Å². The lowest BCUT2D eigenvalue weighted by molar-refractivity contribution is -0.379. The molecule has 0 spiro atoms. The molecule has 4 aliphatic rings. The molecule has 0 aliphatic carbocycles. The van der Waals surface area contributed by atoms with Crippen LogP contribution >= 0.6 is 0 Å². The fraction of sp³-hybridized carbons (Fsp3) is 0.615. The van der Waals surface area contributed by atoms with Crippen molar-refractivity contribution >= 4 is 11.0 Å². The summed E-state index contributed by atoms with van der Waals surface area (Å²) >= 11 is 0. The molecule has 3 aromatic rings. The van der Waals surface area contributed by atoms with Gasteiger partial charge in [-0.2, -0.15) is 0 Å². The number of aromatic hydroxyl groups is 4. The molecule has 4 saturated heterocycles. The van der Waals surface area contributed by atoms with Crippen LogP contribution in [-0.2, 0) is 33.2 Å². The summed E-state index contributed by atoms with van der Waals surface area (Å²) in [6.07, 6.45) is -35.8. The second-order valence-electron chi connectivity index (χ2n) is 15.9. The maximum atomic E-state index is 14.3. The van der Waals surface area contributed by atoms with Gasteiger partial charge in [-0.1, -0.05) is 0 Å². The number of phenolic OH excluding ortho intramolecular Hbond substituents is 4. The van der Waals surface area contributed by atoms with Gasteiger partial charge in [0.2, 0.25) is 17.5 Å². The first-order valence-electron chi connectivity index (χ1n) is 19.9. The summed E-state index contributed by atoms with van der Waals surface area (Å²) < 4.78 is 51.8. The molecule has 4 aliphatic heterocycles. The third-order valence-electron chi connectivity index (χ3n) is 11.5.